The summed E-state index contributed by atoms with van der Waals surface area (Å²) in [6.07, 6.45) is 0.231. The fourth-order valence-electron chi connectivity index (χ4n) is 3.38. The molecule has 1 atom stereocenters. The van der Waals surface area contributed by atoms with E-state index in [1.165, 1.54) is 0 Å². The number of carbonyl (C=O) groups is 1. The molecule has 2 aromatic rings. The Morgan fingerprint density at radius 1 is 1.12 bits per heavy atom. The van der Waals surface area contributed by atoms with Gasteiger partial charge in [0, 0.05) is 5.02 Å². The van der Waals surface area contributed by atoms with E-state index in [1.807, 2.05) is 43.3 Å². The number of benzene rings is 2. The van der Waals surface area contributed by atoms with Crippen LogP contribution in [0.1, 0.15) is 38.8 Å². The van der Waals surface area contributed by atoms with E-state index in [0.717, 1.165) is 28.7 Å². The average molecular weight is 371 g/mol. The lowest BCUT2D eigenvalue weighted by Gasteiger charge is -2.34. The molecule has 1 heterocycles. The van der Waals surface area contributed by atoms with Crippen molar-refractivity contribution in [2.75, 3.05) is 0 Å². The summed E-state index contributed by atoms with van der Waals surface area (Å²) in [5.74, 6) is -0.190. The minimum atomic E-state index is -0.957. The smallest absolute Gasteiger partial charge is 0.198 e. The van der Waals surface area contributed by atoms with E-state index in [1.54, 1.807) is 20.8 Å². The normalized spacial score (nSPS) is 19.7. The zero-order chi connectivity index (χ0) is 19.1. The molecular formula is C22H23ClO3. The molecule has 1 unspecified atom stereocenters. The van der Waals surface area contributed by atoms with Crippen LogP contribution in [0.3, 0.4) is 0 Å². The van der Waals surface area contributed by atoms with E-state index in [2.05, 4.69) is 6.07 Å². The van der Waals surface area contributed by atoms with Gasteiger partial charge in [-0.1, -0.05) is 48.9 Å². The largest absolute Gasteiger partial charge is 0.509 e. The summed E-state index contributed by atoms with van der Waals surface area (Å²) in [5.41, 5.74) is 3.30. The molecule has 0 aromatic heterocycles. The van der Waals surface area contributed by atoms with Crippen molar-refractivity contribution in [3.8, 4) is 11.1 Å². The van der Waals surface area contributed by atoms with Gasteiger partial charge < -0.3 is 9.84 Å². The molecule has 3 rings (SSSR count). The van der Waals surface area contributed by atoms with Gasteiger partial charge in [-0.25, -0.2) is 0 Å². The summed E-state index contributed by atoms with van der Waals surface area (Å²) in [5, 5.41) is 11.2. The number of carbonyl (C=O) groups excluding carboxylic acids is 1. The molecule has 0 radical (unpaired) electrons. The Morgan fingerprint density at radius 2 is 1.73 bits per heavy atom. The zero-order valence-corrected chi connectivity index (χ0v) is 16.2. The predicted molar refractivity (Wildman–Crippen MR) is 105 cm³/mol. The van der Waals surface area contributed by atoms with E-state index in [-0.39, 0.29) is 11.5 Å². The van der Waals surface area contributed by atoms with Crippen molar-refractivity contribution >= 4 is 23.0 Å². The Morgan fingerprint density at radius 3 is 2.35 bits per heavy atom. The van der Waals surface area contributed by atoms with E-state index in [9.17, 15) is 9.90 Å². The van der Waals surface area contributed by atoms with E-state index in [0.29, 0.717) is 10.6 Å². The molecule has 1 aliphatic heterocycles. The van der Waals surface area contributed by atoms with Gasteiger partial charge in [0.25, 0.3) is 0 Å². The molecule has 0 fully saturated rings. The van der Waals surface area contributed by atoms with Crippen molar-refractivity contribution in [1.82, 2.24) is 0 Å². The van der Waals surface area contributed by atoms with E-state index >= 15 is 0 Å². The van der Waals surface area contributed by atoms with Crippen molar-refractivity contribution < 1.29 is 14.6 Å². The lowest BCUT2D eigenvalue weighted by Crippen LogP contribution is -2.44. The van der Waals surface area contributed by atoms with Crippen LogP contribution < -0.4 is 0 Å². The molecule has 136 valence electrons. The third kappa shape index (κ3) is 3.29. The number of ketones is 1. The summed E-state index contributed by atoms with van der Waals surface area (Å²) in [6, 6.07) is 13.6. The molecule has 0 aliphatic carbocycles. The van der Waals surface area contributed by atoms with Gasteiger partial charge in [0.15, 0.2) is 5.78 Å². The molecule has 1 aliphatic rings. The Kier molecular flexibility index (Phi) is 4.96. The Hall–Kier alpha value is -2.10. The van der Waals surface area contributed by atoms with Crippen LogP contribution in [0.15, 0.2) is 48.2 Å². The first kappa shape index (κ1) is 18.7. The number of aliphatic hydroxyl groups is 1. The van der Waals surface area contributed by atoms with Crippen LogP contribution in [-0.2, 0) is 16.0 Å². The highest BCUT2D eigenvalue weighted by atomic mass is 35.5. The highest BCUT2D eigenvalue weighted by Crippen LogP contribution is 2.37. The van der Waals surface area contributed by atoms with Gasteiger partial charge >= 0.3 is 0 Å². The number of hydrogen-bond acceptors (Lipinski definition) is 3. The molecule has 0 saturated heterocycles. The first-order valence-corrected chi connectivity index (χ1v) is 9.17. The van der Waals surface area contributed by atoms with Crippen molar-refractivity contribution in [3.05, 3.63) is 64.4 Å². The molecule has 0 spiro atoms. The van der Waals surface area contributed by atoms with Gasteiger partial charge in [0.05, 0.1) is 5.57 Å². The molecule has 0 bridgehead atoms. The maximum absolute atomic E-state index is 12.9. The van der Waals surface area contributed by atoms with Gasteiger partial charge in [0.1, 0.15) is 17.5 Å². The second-order valence-corrected chi connectivity index (χ2v) is 7.53. The highest BCUT2D eigenvalue weighted by Gasteiger charge is 2.41. The summed E-state index contributed by atoms with van der Waals surface area (Å²) in [4.78, 5) is 12.9. The molecular weight excluding hydrogens is 348 g/mol. The SMILES string of the molecule is CCc1cc(-c2ccc(Cl)cc2)ccc1C1=C(O)C(C)OC(C)(C)C1=O. The molecule has 0 amide bonds. The summed E-state index contributed by atoms with van der Waals surface area (Å²) >= 11 is 5.97. The molecule has 2 aromatic carbocycles. The lowest BCUT2D eigenvalue weighted by molar-refractivity contribution is -0.142. The number of hydrogen-bond donors (Lipinski definition) is 1. The minimum absolute atomic E-state index is 0.00303. The van der Waals surface area contributed by atoms with Crippen LogP contribution in [0.2, 0.25) is 5.02 Å². The van der Waals surface area contributed by atoms with Gasteiger partial charge in [-0.3, -0.25) is 4.79 Å². The fraction of sp³-hybridized carbons (Fsp3) is 0.318. The minimum Gasteiger partial charge on any atom is -0.509 e. The van der Waals surface area contributed by atoms with Crippen LogP contribution in [0.4, 0.5) is 0 Å². The van der Waals surface area contributed by atoms with E-state index < -0.39 is 11.7 Å². The quantitative estimate of drug-likeness (QED) is 0.764. The standard InChI is InChI=1S/C22H23ClO3/c1-5-14-12-16(15-6-9-17(23)10-7-15)8-11-18(14)19-20(24)13(2)26-22(3,4)21(19)25/h6-13,24H,5H2,1-4H3. The Bertz CT molecular complexity index is 879. The monoisotopic (exact) mass is 370 g/mol. The van der Waals surface area contributed by atoms with Crippen molar-refractivity contribution in [1.29, 1.82) is 0 Å². The third-order valence-electron chi connectivity index (χ3n) is 4.82. The average Bonchev–Trinajstić information content (AvgIpc) is 2.61. The van der Waals surface area contributed by atoms with Crippen molar-refractivity contribution in [2.24, 2.45) is 0 Å². The van der Waals surface area contributed by atoms with Crippen molar-refractivity contribution in [2.45, 2.75) is 45.8 Å². The second kappa shape index (κ2) is 6.90. The summed E-state index contributed by atoms with van der Waals surface area (Å²) < 4.78 is 5.66. The number of rotatable bonds is 3. The van der Waals surface area contributed by atoms with Gasteiger partial charge in [0.2, 0.25) is 0 Å². The second-order valence-electron chi connectivity index (χ2n) is 7.09. The predicted octanol–water partition coefficient (Wildman–Crippen LogP) is 5.60. The number of halogens is 1. The first-order valence-electron chi connectivity index (χ1n) is 8.79. The van der Waals surface area contributed by atoms with Crippen LogP contribution in [0.5, 0.6) is 0 Å². The van der Waals surface area contributed by atoms with Crippen LogP contribution >= 0.6 is 11.6 Å². The zero-order valence-electron chi connectivity index (χ0n) is 15.5. The molecule has 26 heavy (non-hydrogen) atoms. The number of aryl methyl sites for hydroxylation is 1. The summed E-state index contributed by atoms with van der Waals surface area (Å²) in [7, 11) is 0. The topological polar surface area (TPSA) is 46.5 Å². The van der Waals surface area contributed by atoms with Gasteiger partial charge in [-0.2, -0.15) is 0 Å². The summed E-state index contributed by atoms with van der Waals surface area (Å²) in [6.45, 7) is 7.29. The number of Topliss-reactive ketones (excluding diaryl/α,β-unsaturated/α-hetero) is 1. The maximum atomic E-state index is 12.9. The highest BCUT2D eigenvalue weighted by molar-refractivity contribution is 6.30. The van der Waals surface area contributed by atoms with Gasteiger partial charge in [-0.05, 0) is 61.6 Å². The van der Waals surface area contributed by atoms with Crippen LogP contribution in [0.25, 0.3) is 16.7 Å². The van der Waals surface area contributed by atoms with Gasteiger partial charge in [-0.15, -0.1) is 0 Å². The van der Waals surface area contributed by atoms with E-state index in [4.69, 9.17) is 16.3 Å². The van der Waals surface area contributed by atoms with Crippen LogP contribution in [0, 0.1) is 0 Å². The molecule has 0 saturated carbocycles. The maximum Gasteiger partial charge on any atom is 0.198 e. The van der Waals surface area contributed by atoms with Crippen LogP contribution in [-0.4, -0.2) is 22.6 Å². The Balaban J connectivity index is 2.12. The fourth-order valence-corrected chi connectivity index (χ4v) is 3.51. The third-order valence-corrected chi connectivity index (χ3v) is 5.07. The molecule has 1 N–H and O–H groups in total. The molecule has 4 heteroatoms. The lowest BCUT2D eigenvalue weighted by atomic mass is 9.83. The number of ether oxygens (including phenoxy) is 1. The molecule has 3 nitrogen and oxygen atoms in total. The number of aliphatic hydroxyl groups excluding tert-OH is 1. The first-order chi connectivity index (χ1) is 12.2. The Labute approximate surface area is 159 Å². The van der Waals surface area contributed by atoms with Crippen molar-refractivity contribution in [3.63, 3.8) is 0 Å².